The van der Waals surface area contributed by atoms with Gasteiger partial charge in [0.2, 0.25) is 0 Å². The number of likely N-dealkylation sites (tertiary alicyclic amines) is 1. The van der Waals surface area contributed by atoms with Crippen LogP contribution in [0.4, 0.5) is 0 Å². The van der Waals surface area contributed by atoms with Crippen molar-refractivity contribution in [2.24, 2.45) is 5.92 Å². The highest BCUT2D eigenvalue weighted by Crippen LogP contribution is 2.30. The molecule has 1 aliphatic heterocycles. The summed E-state index contributed by atoms with van der Waals surface area (Å²) < 4.78 is 0.453. The maximum atomic E-state index is 3.84. The predicted octanol–water partition coefficient (Wildman–Crippen LogP) is 3.62. The summed E-state index contributed by atoms with van der Waals surface area (Å²) in [4.78, 5) is 2.63. The second-order valence-corrected chi connectivity index (χ2v) is 7.72. The van der Waals surface area contributed by atoms with Gasteiger partial charge in [-0.15, -0.1) is 0 Å². The van der Waals surface area contributed by atoms with Crippen LogP contribution in [0.5, 0.6) is 0 Å². The van der Waals surface area contributed by atoms with Crippen molar-refractivity contribution in [2.45, 2.75) is 64.2 Å². The highest BCUT2D eigenvalue weighted by atomic mass is 32.2. The van der Waals surface area contributed by atoms with Gasteiger partial charge >= 0.3 is 0 Å². The van der Waals surface area contributed by atoms with Crippen LogP contribution in [0.25, 0.3) is 0 Å². The molecule has 0 bridgehead atoms. The van der Waals surface area contributed by atoms with Crippen LogP contribution in [-0.4, -0.2) is 48.1 Å². The fourth-order valence-corrected chi connectivity index (χ4v) is 3.83. The SMILES string of the molecule is CCC(CC)(CNC1CCN(CC(C)C)CC1)SC. The molecule has 19 heavy (non-hydrogen) atoms. The zero-order chi connectivity index (χ0) is 14.3. The van der Waals surface area contributed by atoms with Gasteiger partial charge in [0.1, 0.15) is 0 Å². The van der Waals surface area contributed by atoms with Gasteiger partial charge in [-0.05, 0) is 50.9 Å². The van der Waals surface area contributed by atoms with E-state index in [0.717, 1.165) is 12.0 Å². The lowest BCUT2D eigenvalue weighted by Gasteiger charge is -2.36. The molecule has 1 rings (SSSR count). The number of thioether (sulfide) groups is 1. The number of nitrogens with one attached hydrogen (secondary N) is 1. The van der Waals surface area contributed by atoms with Crippen molar-refractivity contribution in [3.63, 3.8) is 0 Å². The average molecular weight is 287 g/mol. The molecule has 1 fully saturated rings. The third-order valence-electron chi connectivity index (χ3n) is 4.65. The predicted molar refractivity (Wildman–Crippen MR) is 89.1 cm³/mol. The molecule has 1 heterocycles. The van der Waals surface area contributed by atoms with E-state index >= 15 is 0 Å². The average Bonchev–Trinajstić information content (AvgIpc) is 2.42. The molecule has 1 saturated heterocycles. The molecule has 1 N–H and O–H groups in total. The Morgan fingerprint density at radius 1 is 1.21 bits per heavy atom. The largest absolute Gasteiger partial charge is 0.313 e. The van der Waals surface area contributed by atoms with E-state index in [9.17, 15) is 0 Å². The van der Waals surface area contributed by atoms with E-state index in [-0.39, 0.29) is 0 Å². The van der Waals surface area contributed by atoms with Gasteiger partial charge in [-0.3, -0.25) is 0 Å². The summed E-state index contributed by atoms with van der Waals surface area (Å²) in [6, 6.07) is 0.744. The number of nitrogens with zero attached hydrogens (tertiary/aromatic N) is 1. The molecule has 3 heteroatoms. The van der Waals surface area contributed by atoms with Crippen molar-refractivity contribution >= 4 is 11.8 Å². The smallest absolute Gasteiger partial charge is 0.0276 e. The lowest BCUT2D eigenvalue weighted by atomic mass is 9.99. The third-order valence-corrected chi connectivity index (χ3v) is 6.23. The topological polar surface area (TPSA) is 15.3 Å². The quantitative estimate of drug-likeness (QED) is 0.734. The van der Waals surface area contributed by atoms with Crippen LogP contribution in [0, 0.1) is 5.92 Å². The van der Waals surface area contributed by atoms with Crippen LogP contribution in [0.2, 0.25) is 0 Å². The van der Waals surface area contributed by atoms with Crippen LogP contribution in [0.3, 0.4) is 0 Å². The zero-order valence-corrected chi connectivity index (χ0v) is 14.5. The zero-order valence-electron chi connectivity index (χ0n) is 13.7. The monoisotopic (exact) mass is 286 g/mol. The Kier molecular flexibility index (Phi) is 7.78. The molecule has 0 saturated carbocycles. The molecule has 0 aromatic carbocycles. The molecule has 2 nitrogen and oxygen atoms in total. The van der Waals surface area contributed by atoms with Crippen molar-refractivity contribution < 1.29 is 0 Å². The Balaban J connectivity index is 2.29. The number of piperidine rings is 1. The first kappa shape index (κ1) is 17.3. The summed E-state index contributed by atoms with van der Waals surface area (Å²) in [5, 5.41) is 3.84. The lowest BCUT2D eigenvalue weighted by Crippen LogP contribution is -2.47. The fraction of sp³-hybridized carbons (Fsp3) is 1.00. The van der Waals surface area contributed by atoms with E-state index in [1.54, 1.807) is 0 Å². The molecule has 114 valence electrons. The second kappa shape index (κ2) is 8.53. The van der Waals surface area contributed by atoms with Gasteiger partial charge in [-0.1, -0.05) is 27.7 Å². The maximum Gasteiger partial charge on any atom is 0.0276 e. The molecule has 0 aromatic heterocycles. The summed E-state index contributed by atoms with van der Waals surface area (Å²) in [5.74, 6) is 0.800. The maximum absolute atomic E-state index is 3.84. The minimum Gasteiger partial charge on any atom is -0.313 e. The number of rotatable bonds is 8. The standard InChI is InChI=1S/C16H34N2S/c1-6-16(7-2,19-5)13-17-15-8-10-18(11-9-15)12-14(3)4/h14-15,17H,6-13H2,1-5H3. The van der Waals surface area contributed by atoms with Gasteiger partial charge in [-0.25, -0.2) is 0 Å². The Morgan fingerprint density at radius 3 is 2.21 bits per heavy atom. The van der Waals surface area contributed by atoms with Crippen molar-refractivity contribution in [3.8, 4) is 0 Å². The molecule has 0 unspecified atom stereocenters. The molecule has 0 amide bonds. The molecule has 0 aromatic rings. The molecule has 0 atom stereocenters. The van der Waals surface area contributed by atoms with Crippen LogP contribution < -0.4 is 5.32 Å². The number of hydrogen-bond donors (Lipinski definition) is 1. The highest BCUT2D eigenvalue weighted by Gasteiger charge is 2.27. The van der Waals surface area contributed by atoms with Crippen molar-refractivity contribution in [3.05, 3.63) is 0 Å². The van der Waals surface area contributed by atoms with Crippen LogP contribution in [-0.2, 0) is 0 Å². The van der Waals surface area contributed by atoms with Crippen molar-refractivity contribution in [1.82, 2.24) is 10.2 Å². The first-order valence-corrected chi connectivity index (χ1v) is 9.28. The van der Waals surface area contributed by atoms with Crippen LogP contribution in [0.15, 0.2) is 0 Å². The van der Waals surface area contributed by atoms with Crippen LogP contribution >= 0.6 is 11.8 Å². The summed E-state index contributed by atoms with van der Waals surface area (Å²) in [5.41, 5.74) is 0. The van der Waals surface area contributed by atoms with Gasteiger partial charge in [0.15, 0.2) is 0 Å². The fourth-order valence-electron chi connectivity index (χ4n) is 3.03. The van der Waals surface area contributed by atoms with Gasteiger partial charge in [0.25, 0.3) is 0 Å². The van der Waals surface area contributed by atoms with Crippen molar-refractivity contribution in [2.75, 3.05) is 32.4 Å². The minimum absolute atomic E-state index is 0.453. The molecule has 1 aliphatic rings. The van der Waals surface area contributed by atoms with E-state index < -0.39 is 0 Å². The molecule has 0 spiro atoms. The Labute approximate surface area is 125 Å². The summed E-state index contributed by atoms with van der Waals surface area (Å²) in [7, 11) is 0. The van der Waals surface area contributed by atoms with Gasteiger partial charge in [0, 0.05) is 23.9 Å². The minimum atomic E-state index is 0.453. The van der Waals surface area contributed by atoms with E-state index in [2.05, 4.69) is 44.2 Å². The molecule has 0 aliphatic carbocycles. The second-order valence-electron chi connectivity index (χ2n) is 6.44. The Morgan fingerprint density at radius 2 is 1.79 bits per heavy atom. The lowest BCUT2D eigenvalue weighted by molar-refractivity contribution is 0.178. The van der Waals surface area contributed by atoms with Gasteiger partial charge < -0.3 is 10.2 Å². The molecule has 0 radical (unpaired) electrons. The number of hydrogen-bond acceptors (Lipinski definition) is 3. The van der Waals surface area contributed by atoms with Crippen LogP contribution in [0.1, 0.15) is 53.4 Å². The van der Waals surface area contributed by atoms with Gasteiger partial charge in [0.05, 0.1) is 0 Å². The first-order chi connectivity index (χ1) is 9.05. The Hall–Kier alpha value is 0.270. The van der Waals surface area contributed by atoms with E-state index in [4.69, 9.17) is 0 Å². The van der Waals surface area contributed by atoms with Gasteiger partial charge in [-0.2, -0.15) is 11.8 Å². The Bertz CT molecular complexity index is 223. The van der Waals surface area contributed by atoms with E-state index in [1.807, 2.05) is 11.8 Å². The highest BCUT2D eigenvalue weighted by molar-refractivity contribution is 8.00. The van der Waals surface area contributed by atoms with Crippen molar-refractivity contribution in [1.29, 1.82) is 0 Å². The van der Waals surface area contributed by atoms with E-state index in [0.29, 0.717) is 4.75 Å². The molecular formula is C16H34N2S. The summed E-state index contributed by atoms with van der Waals surface area (Å²) in [6.45, 7) is 14.3. The molecular weight excluding hydrogens is 252 g/mol. The normalized spacial score (nSPS) is 19.3. The third kappa shape index (κ3) is 5.65. The first-order valence-electron chi connectivity index (χ1n) is 8.06. The summed E-state index contributed by atoms with van der Waals surface area (Å²) >= 11 is 2.04. The summed E-state index contributed by atoms with van der Waals surface area (Å²) in [6.07, 6.45) is 7.45. The van der Waals surface area contributed by atoms with E-state index in [1.165, 1.54) is 51.9 Å².